The number of nitrogens with one attached hydrogen (secondary N) is 1. The number of amides is 1. The van der Waals surface area contributed by atoms with E-state index in [0.29, 0.717) is 12.4 Å². The molecule has 1 aromatic carbocycles. The molecule has 4 rings (SSSR count). The second-order valence-electron chi connectivity index (χ2n) is 8.59. The minimum absolute atomic E-state index is 0.0895. The Kier molecular flexibility index (Phi) is 5.32. The van der Waals surface area contributed by atoms with Crippen LogP contribution >= 0.6 is 0 Å². The van der Waals surface area contributed by atoms with E-state index in [-0.39, 0.29) is 11.4 Å². The van der Waals surface area contributed by atoms with Gasteiger partial charge in [0.25, 0.3) is 5.91 Å². The number of piperazine rings is 1. The molecule has 3 heterocycles. The van der Waals surface area contributed by atoms with E-state index in [1.807, 2.05) is 39.1 Å². The molecule has 0 radical (unpaired) electrons. The van der Waals surface area contributed by atoms with Crippen molar-refractivity contribution in [2.45, 2.75) is 32.9 Å². The van der Waals surface area contributed by atoms with Gasteiger partial charge in [-0.1, -0.05) is 6.07 Å². The predicted molar refractivity (Wildman–Crippen MR) is 112 cm³/mol. The van der Waals surface area contributed by atoms with Gasteiger partial charge in [-0.15, -0.1) is 0 Å². The van der Waals surface area contributed by atoms with Crippen LogP contribution in [0.15, 0.2) is 36.7 Å². The number of anilines is 1. The van der Waals surface area contributed by atoms with Gasteiger partial charge in [0.15, 0.2) is 11.5 Å². The van der Waals surface area contributed by atoms with Crippen LogP contribution in [0.4, 0.5) is 5.69 Å². The van der Waals surface area contributed by atoms with Gasteiger partial charge >= 0.3 is 0 Å². The monoisotopic (exact) mass is 396 g/mol. The van der Waals surface area contributed by atoms with Gasteiger partial charge < -0.3 is 19.7 Å². The van der Waals surface area contributed by atoms with Crippen molar-refractivity contribution in [3.05, 3.63) is 47.8 Å². The van der Waals surface area contributed by atoms with E-state index in [1.54, 1.807) is 6.20 Å². The van der Waals surface area contributed by atoms with Crippen molar-refractivity contribution in [3.8, 4) is 11.5 Å². The molecule has 0 saturated carbocycles. The summed E-state index contributed by atoms with van der Waals surface area (Å²) in [6.45, 7) is 10.8. The van der Waals surface area contributed by atoms with Gasteiger partial charge in [-0.05, 0) is 44.5 Å². The number of hydrogen-bond donors (Lipinski definition) is 1. The lowest BCUT2D eigenvalue weighted by Crippen LogP contribution is -2.46. The first-order chi connectivity index (χ1) is 13.9. The summed E-state index contributed by atoms with van der Waals surface area (Å²) in [5, 5.41) is 2.99. The lowest BCUT2D eigenvalue weighted by Gasteiger charge is -2.36. The maximum Gasteiger partial charge on any atom is 0.253 e. The van der Waals surface area contributed by atoms with E-state index in [0.717, 1.165) is 49.9 Å². The third-order valence-corrected chi connectivity index (χ3v) is 5.06. The summed E-state index contributed by atoms with van der Waals surface area (Å²) in [5.41, 5.74) is 2.55. The van der Waals surface area contributed by atoms with Crippen molar-refractivity contribution >= 4 is 11.6 Å². The molecule has 7 nitrogen and oxygen atoms in total. The summed E-state index contributed by atoms with van der Waals surface area (Å²) in [6.07, 6.45) is 3.46. The molecule has 154 valence electrons. The fraction of sp³-hybridized carbons (Fsp3) is 0.455. The number of benzene rings is 1. The van der Waals surface area contributed by atoms with Crippen molar-refractivity contribution in [2.75, 3.05) is 37.9 Å². The SMILES string of the molecule is CC(C)(C)NC(=O)c1cncc(N2CCN(Cc3ccc4c(c3)OCO4)CC2)c1. The summed E-state index contributed by atoms with van der Waals surface area (Å²) in [7, 11) is 0. The second-order valence-corrected chi connectivity index (χ2v) is 8.59. The largest absolute Gasteiger partial charge is 0.454 e. The molecular weight excluding hydrogens is 368 g/mol. The van der Waals surface area contributed by atoms with E-state index in [2.05, 4.69) is 32.2 Å². The second kappa shape index (κ2) is 7.91. The number of hydrogen-bond acceptors (Lipinski definition) is 6. The van der Waals surface area contributed by atoms with Crippen LogP contribution in [-0.2, 0) is 6.54 Å². The van der Waals surface area contributed by atoms with Gasteiger partial charge in [0.2, 0.25) is 6.79 Å². The molecule has 2 aliphatic heterocycles. The third-order valence-electron chi connectivity index (χ3n) is 5.06. The first kappa shape index (κ1) is 19.5. The Balaban J connectivity index is 1.35. The number of carbonyl (C=O) groups excluding carboxylic acids is 1. The zero-order valence-electron chi connectivity index (χ0n) is 17.3. The van der Waals surface area contributed by atoms with Gasteiger partial charge in [-0.25, -0.2) is 0 Å². The lowest BCUT2D eigenvalue weighted by atomic mass is 10.1. The first-order valence-electron chi connectivity index (χ1n) is 10.0. The van der Waals surface area contributed by atoms with E-state index >= 15 is 0 Å². The molecule has 1 fully saturated rings. The van der Waals surface area contributed by atoms with Crippen LogP contribution in [0.5, 0.6) is 11.5 Å². The molecule has 0 atom stereocenters. The van der Waals surface area contributed by atoms with Gasteiger partial charge in [-0.2, -0.15) is 0 Å². The standard InChI is InChI=1S/C22H28N4O3/c1-22(2,3)24-21(27)17-11-18(13-23-12-17)26-8-6-25(7-9-26)14-16-4-5-19-20(10-16)29-15-28-19/h4-5,10-13H,6-9,14-15H2,1-3H3,(H,24,27). The van der Waals surface area contributed by atoms with Crippen LogP contribution in [0.3, 0.4) is 0 Å². The fourth-order valence-corrected chi connectivity index (χ4v) is 3.60. The van der Waals surface area contributed by atoms with Crippen LogP contribution in [0.25, 0.3) is 0 Å². The van der Waals surface area contributed by atoms with Crippen LogP contribution < -0.4 is 19.7 Å². The van der Waals surface area contributed by atoms with Gasteiger partial charge in [0.05, 0.1) is 17.4 Å². The highest BCUT2D eigenvalue weighted by Crippen LogP contribution is 2.33. The minimum Gasteiger partial charge on any atom is -0.454 e. The fourth-order valence-electron chi connectivity index (χ4n) is 3.60. The summed E-state index contributed by atoms with van der Waals surface area (Å²) < 4.78 is 10.9. The van der Waals surface area contributed by atoms with E-state index in [1.165, 1.54) is 5.56 Å². The Morgan fingerprint density at radius 2 is 1.83 bits per heavy atom. The smallest absolute Gasteiger partial charge is 0.253 e. The van der Waals surface area contributed by atoms with Crippen LogP contribution in [0.1, 0.15) is 36.7 Å². The Hall–Kier alpha value is -2.80. The molecule has 1 saturated heterocycles. The highest BCUT2D eigenvalue weighted by atomic mass is 16.7. The zero-order valence-corrected chi connectivity index (χ0v) is 17.3. The van der Waals surface area contributed by atoms with Gasteiger partial charge in [-0.3, -0.25) is 14.7 Å². The Labute approximate surface area is 171 Å². The normalized spacial score (nSPS) is 16.7. The predicted octanol–water partition coefficient (Wildman–Crippen LogP) is 2.66. The number of nitrogens with zero attached hydrogens (tertiary/aromatic N) is 3. The summed E-state index contributed by atoms with van der Waals surface area (Å²) >= 11 is 0. The van der Waals surface area contributed by atoms with Crippen molar-refractivity contribution in [1.82, 2.24) is 15.2 Å². The number of ether oxygens (including phenoxy) is 2. The maximum absolute atomic E-state index is 12.4. The third kappa shape index (κ3) is 4.79. The molecule has 0 unspecified atom stereocenters. The van der Waals surface area contributed by atoms with Crippen molar-refractivity contribution in [2.24, 2.45) is 0 Å². The van der Waals surface area contributed by atoms with Gasteiger partial charge in [0.1, 0.15) is 0 Å². The molecule has 0 spiro atoms. The quantitative estimate of drug-likeness (QED) is 0.857. The molecule has 2 aromatic rings. The van der Waals surface area contributed by atoms with E-state index in [4.69, 9.17) is 9.47 Å². The Bertz CT molecular complexity index is 886. The summed E-state index contributed by atoms with van der Waals surface area (Å²) in [4.78, 5) is 21.4. The van der Waals surface area contributed by atoms with Crippen molar-refractivity contribution in [1.29, 1.82) is 0 Å². The number of rotatable bonds is 4. The van der Waals surface area contributed by atoms with Crippen LogP contribution in [0, 0.1) is 0 Å². The van der Waals surface area contributed by atoms with Crippen molar-refractivity contribution in [3.63, 3.8) is 0 Å². The van der Waals surface area contributed by atoms with E-state index in [9.17, 15) is 4.79 Å². The molecule has 1 amide bonds. The zero-order chi connectivity index (χ0) is 20.4. The average molecular weight is 396 g/mol. The average Bonchev–Trinajstić information content (AvgIpc) is 3.15. The maximum atomic E-state index is 12.4. The molecule has 2 aliphatic rings. The summed E-state index contributed by atoms with van der Waals surface area (Å²) in [6, 6.07) is 8.08. The first-order valence-corrected chi connectivity index (χ1v) is 10.0. The number of fused-ring (bicyclic) bond motifs is 1. The molecule has 1 N–H and O–H groups in total. The molecule has 7 heteroatoms. The highest BCUT2D eigenvalue weighted by Gasteiger charge is 2.21. The minimum atomic E-state index is -0.270. The number of carbonyl (C=O) groups is 1. The molecule has 1 aromatic heterocycles. The number of aromatic nitrogens is 1. The summed E-state index contributed by atoms with van der Waals surface area (Å²) in [5.74, 6) is 1.56. The van der Waals surface area contributed by atoms with Crippen LogP contribution in [0.2, 0.25) is 0 Å². The molecule has 29 heavy (non-hydrogen) atoms. The molecular formula is C22H28N4O3. The molecule has 0 aliphatic carbocycles. The molecule has 0 bridgehead atoms. The Morgan fingerprint density at radius 3 is 2.59 bits per heavy atom. The van der Waals surface area contributed by atoms with Crippen LogP contribution in [-0.4, -0.2) is 54.3 Å². The Morgan fingerprint density at radius 1 is 1.07 bits per heavy atom. The van der Waals surface area contributed by atoms with Crippen molar-refractivity contribution < 1.29 is 14.3 Å². The van der Waals surface area contributed by atoms with Gasteiger partial charge in [0, 0.05) is 44.5 Å². The lowest BCUT2D eigenvalue weighted by molar-refractivity contribution is 0.0919. The topological polar surface area (TPSA) is 66.9 Å². The van der Waals surface area contributed by atoms with E-state index < -0.39 is 0 Å². The highest BCUT2D eigenvalue weighted by molar-refractivity contribution is 5.95. The number of pyridine rings is 1.